The Morgan fingerprint density at radius 1 is 1.14 bits per heavy atom. The lowest BCUT2D eigenvalue weighted by molar-refractivity contribution is 0.0740. The van der Waals surface area contributed by atoms with Crippen LogP contribution in [-0.4, -0.2) is 48.1 Å². The Morgan fingerprint density at radius 2 is 1.93 bits per heavy atom. The van der Waals surface area contributed by atoms with E-state index in [1.54, 1.807) is 6.20 Å². The smallest absolute Gasteiger partial charge is 0.272 e. The topological polar surface area (TPSA) is 45.7 Å². The Hall–Kier alpha value is -2.56. The summed E-state index contributed by atoms with van der Waals surface area (Å²) < 4.78 is 5.59. The molecule has 3 aliphatic rings. The molecule has 3 saturated heterocycles. The monoisotopic (exact) mass is 379 g/mol. The standard InChI is InChI=1S/C23H29N3O2/c1-4-28-19-10-8-18(9-11-19)26-15-17-13-23(2,3)21(26)16-25(14-17)22(27)20-7-5-6-12-24-20/h5-12,17,21H,4,13-16H2,1-3H3. The highest BCUT2D eigenvalue weighted by Crippen LogP contribution is 2.43. The minimum Gasteiger partial charge on any atom is -0.494 e. The quantitative estimate of drug-likeness (QED) is 0.809. The van der Waals surface area contributed by atoms with E-state index in [0.29, 0.717) is 18.2 Å². The number of hydrogen-bond donors (Lipinski definition) is 0. The summed E-state index contributed by atoms with van der Waals surface area (Å²) in [6, 6.07) is 14.2. The normalized spacial score (nSPS) is 23.4. The lowest BCUT2D eigenvalue weighted by atomic mass is 9.73. The number of amides is 1. The van der Waals surface area contributed by atoms with Gasteiger partial charge in [-0.15, -0.1) is 0 Å². The van der Waals surface area contributed by atoms with Crippen LogP contribution >= 0.6 is 0 Å². The fraction of sp³-hybridized carbons (Fsp3) is 0.478. The maximum atomic E-state index is 13.1. The number of aromatic nitrogens is 1. The molecular formula is C23H29N3O2. The molecule has 0 spiro atoms. The average molecular weight is 380 g/mol. The van der Waals surface area contributed by atoms with Gasteiger partial charge in [-0.25, -0.2) is 0 Å². The number of piperidine rings is 1. The van der Waals surface area contributed by atoms with Gasteiger partial charge in [-0.1, -0.05) is 19.9 Å². The van der Waals surface area contributed by atoms with E-state index >= 15 is 0 Å². The second-order valence-electron chi connectivity index (χ2n) is 8.58. The molecule has 0 N–H and O–H groups in total. The predicted molar refractivity (Wildman–Crippen MR) is 111 cm³/mol. The first-order chi connectivity index (χ1) is 13.5. The molecular weight excluding hydrogens is 350 g/mol. The molecule has 0 aliphatic carbocycles. The van der Waals surface area contributed by atoms with Crippen LogP contribution in [0.1, 0.15) is 37.7 Å². The van der Waals surface area contributed by atoms with Gasteiger partial charge < -0.3 is 14.5 Å². The molecule has 5 heteroatoms. The number of pyridine rings is 1. The van der Waals surface area contributed by atoms with Crippen LogP contribution in [0, 0.1) is 11.3 Å². The van der Waals surface area contributed by atoms with Crippen LogP contribution in [0.4, 0.5) is 5.69 Å². The van der Waals surface area contributed by atoms with Crippen LogP contribution in [0.3, 0.4) is 0 Å². The molecule has 2 atom stereocenters. The van der Waals surface area contributed by atoms with E-state index in [9.17, 15) is 4.79 Å². The third-order valence-corrected chi connectivity index (χ3v) is 6.07. The van der Waals surface area contributed by atoms with Crippen LogP contribution in [-0.2, 0) is 0 Å². The molecule has 3 fully saturated rings. The summed E-state index contributed by atoms with van der Waals surface area (Å²) >= 11 is 0. The zero-order valence-electron chi connectivity index (χ0n) is 17.0. The summed E-state index contributed by atoms with van der Waals surface area (Å²) in [7, 11) is 0. The van der Waals surface area contributed by atoms with Gasteiger partial charge in [0.1, 0.15) is 11.4 Å². The fourth-order valence-corrected chi connectivity index (χ4v) is 4.84. The average Bonchev–Trinajstić information content (AvgIpc) is 2.96. The molecule has 2 bridgehead atoms. The van der Waals surface area contributed by atoms with Crippen LogP contribution in [0.2, 0.25) is 0 Å². The third-order valence-electron chi connectivity index (χ3n) is 6.07. The number of fused-ring (bicyclic) bond motifs is 4. The zero-order chi connectivity index (χ0) is 19.7. The van der Waals surface area contributed by atoms with Crippen molar-refractivity contribution in [3.05, 3.63) is 54.4 Å². The number of ether oxygens (including phenoxy) is 1. The number of anilines is 1. The lowest BCUT2D eigenvalue weighted by Gasteiger charge is -2.48. The van der Waals surface area contributed by atoms with Crippen molar-refractivity contribution in [3.8, 4) is 5.75 Å². The minimum absolute atomic E-state index is 0.0434. The van der Waals surface area contributed by atoms with Crippen LogP contribution in [0.5, 0.6) is 5.75 Å². The molecule has 4 heterocycles. The van der Waals surface area contributed by atoms with Crippen molar-refractivity contribution in [1.82, 2.24) is 9.88 Å². The van der Waals surface area contributed by atoms with Crippen LogP contribution in [0.25, 0.3) is 0 Å². The minimum atomic E-state index is 0.0434. The second kappa shape index (κ2) is 7.46. The Morgan fingerprint density at radius 3 is 2.61 bits per heavy atom. The van der Waals surface area contributed by atoms with Crippen molar-refractivity contribution in [1.29, 1.82) is 0 Å². The van der Waals surface area contributed by atoms with E-state index in [1.807, 2.05) is 42.2 Å². The summed E-state index contributed by atoms with van der Waals surface area (Å²) in [5.74, 6) is 1.40. The van der Waals surface area contributed by atoms with Crippen LogP contribution < -0.4 is 9.64 Å². The number of rotatable bonds is 4. The lowest BCUT2D eigenvalue weighted by Crippen LogP contribution is -2.54. The number of carbonyl (C=O) groups is 1. The van der Waals surface area contributed by atoms with Gasteiger partial charge in [0, 0.05) is 31.5 Å². The van der Waals surface area contributed by atoms with Crippen molar-refractivity contribution in [3.63, 3.8) is 0 Å². The SMILES string of the molecule is CCOc1ccc(N2CC3CN(C(=O)c4ccccn4)CC2C(C)(C)C3)cc1. The molecule has 28 heavy (non-hydrogen) atoms. The molecule has 0 radical (unpaired) electrons. The van der Waals surface area contributed by atoms with Gasteiger partial charge in [-0.3, -0.25) is 9.78 Å². The highest BCUT2D eigenvalue weighted by Gasteiger charge is 2.46. The van der Waals surface area contributed by atoms with E-state index in [2.05, 4.69) is 35.9 Å². The van der Waals surface area contributed by atoms with Crippen molar-refractivity contribution in [2.24, 2.45) is 11.3 Å². The molecule has 1 aromatic heterocycles. The molecule has 148 valence electrons. The first kappa shape index (κ1) is 18.8. The van der Waals surface area contributed by atoms with Gasteiger partial charge in [0.15, 0.2) is 0 Å². The van der Waals surface area contributed by atoms with Gasteiger partial charge in [0.2, 0.25) is 0 Å². The van der Waals surface area contributed by atoms with E-state index < -0.39 is 0 Å². The molecule has 1 amide bonds. The second-order valence-corrected chi connectivity index (χ2v) is 8.58. The molecule has 5 nitrogen and oxygen atoms in total. The molecule has 2 aromatic rings. The summed E-state index contributed by atoms with van der Waals surface area (Å²) in [5.41, 5.74) is 1.88. The van der Waals surface area contributed by atoms with E-state index in [-0.39, 0.29) is 17.4 Å². The van der Waals surface area contributed by atoms with Gasteiger partial charge in [-0.2, -0.15) is 0 Å². The van der Waals surface area contributed by atoms with Gasteiger partial charge in [-0.05, 0) is 61.1 Å². The Kier molecular flexibility index (Phi) is 5.00. The maximum absolute atomic E-state index is 13.1. The van der Waals surface area contributed by atoms with Crippen molar-refractivity contribution in [2.75, 3.05) is 31.1 Å². The molecule has 5 rings (SSSR count). The van der Waals surface area contributed by atoms with E-state index in [0.717, 1.165) is 31.8 Å². The van der Waals surface area contributed by atoms with Crippen molar-refractivity contribution < 1.29 is 9.53 Å². The summed E-state index contributed by atoms with van der Waals surface area (Å²) in [6.45, 7) is 9.84. The van der Waals surface area contributed by atoms with Gasteiger partial charge >= 0.3 is 0 Å². The number of nitrogens with zero attached hydrogens (tertiary/aromatic N) is 3. The fourth-order valence-electron chi connectivity index (χ4n) is 4.84. The summed E-state index contributed by atoms with van der Waals surface area (Å²) in [4.78, 5) is 21.9. The van der Waals surface area contributed by atoms with Crippen molar-refractivity contribution >= 4 is 11.6 Å². The zero-order valence-corrected chi connectivity index (χ0v) is 17.0. The largest absolute Gasteiger partial charge is 0.494 e. The highest BCUT2D eigenvalue weighted by atomic mass is 16.5. The number of benzene rings is 1. The number of hydrogen-bond acceptors (Lipinski definition) is 4. The predicted octanol–water partition coefficient (Wildman–Crippen LogP) is 3.86. The molecule has 2 unspecified atom stereocenters. The summed E-state index contributed by atoms with van der Waals surface area (Å²) in [5, 5.41) is 0. The highest BCUT2D eigenvalue weighted by molar-refractivity contribution is 5.92. The molecule has 0 saturated carbocycles. The van der Waals surface area contributed by atoms with Crippen LogP contribution in [0.15, 0.2) is 48.7 Å². The first-order valence-electron chi connectivity index (χ1n) is 10.2. The van der Waals surface area contributed by atoms with Gasteiger partial charge in [0.05, 0.1) is 12.6 Å². The number of carbonyl (C=O) groups excluding carboxylic acids is 1. The van der Waals surface area contributed by atoms with E-state index in [1.165, 1.54) is 5.69 Å². The van der Waals surface area contributed by atoms with Crippen molar-refractivity contribution in [2.45, 2.75) is 33.2 Å². The molecule has 1 aromatic carbocycles. The Bertz CT molecular complexity index is 820. The van der Waals surface area contributed by atoms with E-state index in [4.69, 9.17) is 4.74 Å². The first-order valence-corrected chi connectivity index (χ1v) is 10.2. The maximum Gasteiger partial charge on any atom is 0.272 e. The van der Waals surface area contributed by atoms with Gasteiger partial charge in [0.25, 0.3) is 5.91 Å². The molecule has 3 aliphatic heterocycles. The Balaban J connectivity index is 1.61. The third kappa shape index (κ3) is 3.58. The Labute approximate surface area is 167 Å². The summed E-state index contributed by atoms with van der Waals surface area (Å²) in [6.07, 6.45) is 2.83.